The predicted octanol–water partition coefficient (Wildman–Crippen LogP) is -0.828. The Hall–Kier alpha value is -1.10. The Bertz CT molecular complexity index is 170. The SMILES string of the molecule is CC(CN)CNC(=O)CC(=O)O. The highest BCUT2D eigenvalue weighted by atomic mass is 16.4. The highest BCUT2D eigenvalue weighted by Gasteiger charge is 2.07. The maximum absolute atomic E-state index is 10.7. The summed E-state index contributed by atoms with van der Waals surface area (Å²) in [5, 5.41) is 10.7. The van der Waals surface area contributed by atoms with Crippen molar-refractivity contribution in [2.45, 2.75) is 13.3 Å². The molecule has 4 N–H and O–H groups in total. The second-order valence-electron chi connectivity index (χ2n) is 2.72. The van der Waals surface area contributed by atoms with Gasteiger partial charge < -0.3 is 16.2 Å². The minimum atomic E-state index is -1.12. The number of carbonyl (C=O) groups is 2. The van der Waals surface area contributed by atoms with E-state index in [-0.39, 0.29) is 5.92 Å². The molecular formula is C7H14N2O3. The smallest absolute Gasteiger partial charge is 0.312 e. The molecular weight excluding hydrogens is 160 g/mol. The fraction of sp³-hybridized carbons (Fsp3) is 0.714. The summed E-state index contributed by atoms with van der Waals surface area (Å²) in [6.07, 6.45) is -0.475. The molecule has 1 unspecified atom stereocenters. The van der Waals surface area contributed by atoms with Gasteiger partial charge >= 0.3 is 5.97 Å². The summed E-state index contributed by atoms with van der Waals surface area (Å²) in [7, 11) is 0. The number of hydrogen-bond donors (Lipinski definition) is 3. The van der Waals surface area contributed by atoms with Crippen molar-refractivity contribution in [1.82, 2.24) is 5.32 Å². The summed E-state index contributed by atoms with van der Waals surface area (Å²) in [5.41, 5.74) is 5.29. The molecule has 0 bridgehead atoms. The van der Waals surface area contributed by atoms with Crippen LogP contribution in [0.5, 0.6) is 0 Å². The largest absolute Gasteiger partial charge is 0.481 e. The Morgan fingerprint density at radius 3 is 2.58 bits per heavy atom. The molecule has 5 heteroatoms. The quantitative estimate of drug-likeness (QED) is 0.474. The Labute approximate surface area is 70.9 Å². The number of nitrogens with one attached hydrogen (secondary N) is 1. The lowest BCUT2D eigenvalue weighted by molar-refractivity contribution is -0.140. The first-order chi connectivity index (χ1) is 5.56. The van der Waals surface area contributed by atoms with Crippen molar-refractivity contribution in [3.05, 3.63) is 0 Å². The zero-order valence-corrected chi connectivity index (χ0v) is 7.04. The third-order valence-corrected chi connectivity index (χ3v) is 1.36. The molecule has 0 fully saturated rings. The van der Waals surface area contributed by atoms with Crippen molar-refractivity contribution in [2.75, 3.05) is 13.1 Å². The molecule has 1 amide bonds. The van der Waals surface area contributed by atoms with Gasteiger partial charge in [-0.1, -0.05) is 6.92 Å². The summed E-state index contributed by atoms with van der Waals surface area (Å²) < 4.78 is 0. The van der Waals surface area contributed by atoms with Crippen LogP contribution in [-0.2, 0) is 9.59 Å². The average molecular weight is 174 g/mol. The molecule has 0 radical (unpaired) electrons. The molecule has 0 spiro atoms. The Morgan fingerprint density at radius 1 is 1.58 bits per heavy atom. The molecule has 0 saturated carbocycles. The first kappa shape index (κ1) is 10.9. The van der Waals surface area contributed by atoms with E-state index in [0.29, 0.717) is 13.1 Å². The maximum Gasteiger partial charge on any atom is 0.312 e. The zero-order chi connectivity index (χ0) is 9.56. The van der Waals surface area contributed by atoms with E-state index >= 15 is 0 Å². The Morgan fingerprint density at radius 2 is 2.17 bits per heavy atom. The summed E-state index contributed by atoms with van der Waals surface area (Å²) in [5.74, 6) is -1.40. The average Bonchev–Trinajstić information content (AvgIpc) is 1.99. The Balaban J connectivity index is 3.50. The molecule has 0 aromatic heterocycles. The van der Waals surface area contributed by atoms with Crippen molar-refractivity contribution in [2.24, 2.45) is 11.7 Å². The van der Waals surface area contributed by atoms with E-state index in [2.05, 4.69) is 5.32 Å². The fourth-order valence-electron chi connectivity index (χ4n) is 0.571. The van der Waals surface area contributed by atoms with Crippen molar-refractivity contribution in [3.63, 3.8) is 0 Å². The molecule has 0 aromatic rings. The van der Waals surface area contributed by atoms with Crippen molar-refractivity contribution >= 4 is 11.9 Å². The van der Waals surface area contributed by atoms with Gasteiger partial charge in [-0.25, -0.2) is 0 Å². The number of rotatable bonds is 5. The van der Waals surface area contributed by atoms with E-state index in [4.69, 9.17) is 10.8 Å². The van der Waals surface area contributed by atoms with Gasteiger partial charge in [0.2, 0.25) is 5.91 Å². The molecule has 0 aliphatic rings. The lowest BCUT2D eigenvalue weighted by atomic mass is 10.2. The minimum Gasteiger partial charge on any atom is -0.481 e. The summed E-state index contributed by atoms with van der Waals surface area (Å²) >= 11 is 0. The van der Waals surface area contributed by atoms with Crippen LogP contribution >= 0.6 is 0 Å². The van der Waals surface area contributed by atoms with Crippen molar-refractivity contribution < 1.29 is 14.7 Å². The highest BCUT2D eigenvalue weighted by Crippen LogP contribution is 1.88. The summed E-state index contributed by atoms with van der Waals surface area (Å²) in [6, 6.07) is 0. The number of carboxylic acid groups (broad SMARTS) is 1. The number of amides is 1. The third kappa shape index (κ3) is 5.67. The van der Waals surface area contributed by atoms with E-state index < -0.39 is 18.3 Å². The molecule has 0 saturated heterocycles. The first-order valence-corrected chi connectivity index (χ1v) is 3.74. The van der Waals surface area contributed by atoms with E-state index in [1.807, 2.05) is 6.92 Å². The molecule has 0 heterocycles. The molecule has 0 rings (SSSR count). The van der Waals surface area contributed by atoms with E-state index in [9.17, 15) is 9.59 Å². The van der Waals surface area contributed by atoms with Crippen LogP contribution in [0.3, 0.4) is 0 Å². The monoisotopic (exact) mass is 174 g/mol. The van der Waals surface area contributed by atoms with E-state index in [1.54, 1.807) is 0 Å². The molecule has 12 heavy (non-hydrogen) atoms. The van der Waals surface area contributed by atoms with Gasteiger partial charge in [0.1, 0.15) is 6.42 Å². The van der Waals surface area contributed by atoms with Crippen LogP contribution in [0.1, 0.15) is 13.3 Å². The van der Waals surface area contributed by atoms with Crippen LogP contribution in [0, 0.1) is 5.92 Å². The van der Waals surface area contributed by atoms with Crippen LogP contribution in [0.2, 0.25) is 0 Å². The van der Waals surface area contributed by atoms with Gasteiger partial charge in [-0.05, 0) is 12.5 Å². The van der Waals surface area contributed by atoms with Crippen LogP contribution in [0.25, 0.3) is 0 Å². The van der Waals surface area contributed by atoms with Gasteiger partial charge in [0.25, 0.3) is 0 Å². The molecule has 0 aliphatic carbocycles. The van der Waals surface area contributed by atoms with Crippen LogP contribution in [0.15, 0.2) is 0 Å². The summed E-state index contributed by atoms with van der Waals surface area (Å²) in [6.45, 7) is 2.79. The zero-order valence-electron chi connectivity index (χ0n) is 7.04. The maximum atomic E-state index is 10.7. The van der Waals surface area contributed by atoms with E-state index in [1.165, 1.54) is 0 Å². The molecule has 0 aliphatic heterocycles. The number of carbonyl (C=O) groups excluding carboxylic acids is 1. The second-order valence-corrected chi connectivity index (χ2v) is 2.72. The van der Waals surface area contributed by atoms with E-state index in [0.717, 1.165) is 0 Å². The van der Waals surface area contributed by atoms with Crippen molar-refractivity contribution in [3.8, 4) is 0 Å². The molecule has 0 aromatic carbocycles. The van der Waals surface area contributed by atoms with Crippen molar-refractivity contribution in [1.29, 1.82) is 0 Å². The minimum absolute atomic E-state index is 0.183. The van der Waals surface area contributed by atoms with Gasteiger partial charge in [0.05, 0.1) is 0 Å². The van der Waals surface area contributed by atoms with Crippen LogP contribution in [-0.4, -0.2) is 30.1 Å². The van der Waals surface area contributed by atoms with Gasteiger partial charge in [0, 0.05) is 6.54 Å². The fourth-order valence-corrected chi connectivity index (χ4v) is 0.571. The normalized spacial score (nSPS) is 12.2. The molecule has 1 atom stereocenters. The number of aliphatic carboxylic acids is 1. The van der Waals surface area contributed by atoms with Gasteiger partial charge in [-0.15, -0.1) is 0 Å². The predicted molar refractivity (Wildman–Crippen MR) is 43.5 cm³/mol. The first-order valence-electron chi connectivity index (χ1n) is 3.74. The van der Waals surface area contributed by atoms with Crippen LogP contribution < -0.4 is 11.1 Å². The number of nitrogens with two attached hydrogens (primary N) is 1. The van der Waals surface area contributed by atoms with Gasteiger partial charge in [-0.3, -0.25) is 9.59 Å². The topological polar surface area (TPSA) is 92.4 Å². The lowest BCUT2D eigenvalue weighted by Gasteiger charge is -2.08. The molecule has 70 valence electrons. The number of carboxylic acids is 1. The highest BCUT2D eigenvalue weighted by molar-refractivity contribution is 5.93. The van der Waals surface area contributed by atoms with Gasteiger partial charge in [-0.2, -0.15) is 0 Å². The number of hydrogen-bond acceptors (Lipinski definition) is 3. The lowest BCUT2D eigenvalue weighted by Crippen LogP contribution is -2.32. The Kier molecular flexibility index (Phi) is 5.03. The van der Waals surface area contributed by atoms with Crippen LogP contribution in [0.4, 0.5) is 0 Å². The molecule has 5 nitrogen and oxygen atoms in total. The standard InChI is InChI=1S/C7H14N2O3/c1-5(3-8)4-9-6(10)2-7(11)12/h5H,2-4,8H2,1H3,(H,9,10)(H,11,12). The second kappa shape index (κ2) is 5.54. The third-order valence-electron chi connectivity index (χ3n) is 1.36. The summed E-state index contributed by atoms with van der Waals surface area (Å²) in [4.78, 5) is 20.8. The van der Waals surface area contributed by atoms with Gasteiger partial charge in [0.15, 0.2) is 0 Å².